The van der Waals surface area contributed by atoms with Crippen LogP contribution in [-0.2, 0) is 20.9 Å². The molecule has 3 N–H and O–H groups in total. The lowest BCUT2D eigenvalue weighted by atomic mass is 9.95. The fraction of sp³-hybridized carbons (Fsp3) is 0.348. The molecule has 0 radical (unpaired) electrons. The van der Waals surface area contributed by atoms with Gasteiger partial charge in [0.15, 0.2) is 0 Å². The Morgan fingerprint density at radius 2 is 1.55 bits per heavy atom. The lowest BCUT2D eigenvalue weighted by Crippen LogP contribution is -2.40. The standard InChI is InChI=1S/C21H25FN2O.C2H2O4/c1-16(18-5-3-2-4-6-18)23-21(25)19-11-13-24(14-12-19)15-17-7-9-20(22)10-8-17;3-1(4)2(5)6/h2-10,16,19H,11-15H2,1H3,(H,23,25);(H,3,4)(H,5,6)/t16-;/m1./s1. The molecule has 3 rings (SSSR count). The molecule has 1 aliphatic rings. The van der Waals surface area contributed by atoms with E-state index < -0.39 is 11.9 Å². The third-order valence-electron chi connectivity index (χ3n) is 5.12. The molecule has 31 heavy (non-hydrogen) atoms. The van der Waals surface area contributed by atoms with Crippen LogP contribution in [0.3, 0.4) is 0 Å². The Kier molecular flexibility index (Phi) is 9.14. The van der Waals surface area contributed by atoms with Crippen LogP contribution in [0.5, 0.6) is 0 Å². The van der Waals surface area contributed by atoms with E-state index in [-0.39, 0.29) is 23.7 Å². The van der Waals surface area contributed by atoms with E-state index in [1.807, 2.05) is 49.4 Å². The largest absolute Gasteiger partial charge is 0.473 e. The van der Waals surface area contributed by atoms with E-state index in [0.717, 1.165) is 43.6 Å². The molecule has 166 valence electrons. The first-order valence-corrected chi connectivity index (χ1v) is 10.0. The van der Waals surface area contributed by atoms with Gasteiger partial charge in [-0.2, -0.15) is 0 Å². The maximum absolute atomic E-state index is 13.0. The summed E-state index contributed by atoms with van der Waals surface area (Å²) < 4.78 is 13.0. The van der Waals surface area contributed by atoms with Gasteiger partial charge in [0, 0.05) is 12.5 Å². The number of carboxylic acid groups (broad SMARTS) is 2. The highest BCUT2D eigenvalue weighted by Gasteiger charge is 2.26. The van der Waals surface area contributed by atoms with Crippen LogP contribution in [-0.4, -0.2) is 46.0 Å². The maximum Gasteiger partial charge on any atom is 0.414 e. The quantitative estimate of drug-likeness (QED) is 0.630. The van der Waals surface area contributed by atoms with Gasteiger partial charge < -0.3 is 15.5 Å². The van der Waals surface area contributed by atoms with Gasteiger partial charge in [0.05, 0.1) is 6.04 Å². The number of likely N-dealkylation sites (tertiary alicyclic amines) is 1. The second-order valence-corrected chi connectivity index (χ2v) is 7.43. The van der Waals surface area contributed by atoms with Crippen molar-refractivity contribution in [2.24, 2.45) is 5.92 Å². The minimum absolute atomic E-state index is 0.0333. The molecule has 2 aromatic carbocycles. The van der Waals surface area contributed by atoms with Gasteiger partial charge in [-0.15, -0.1) is 0 Å². The average molecular weight is 430 g/mol. The lowest BCUT2D eigenvalue weighted by Gasteiger charge is -2.32. The zero-order valence-electron chi connectivity index (χ0n) is 17.3. The van der Waals surface area contributed by atoms with Gasteiger partial charge in [-0.05, 0) is 56.1 Å². The van der Waals surface area contributed by atoms with Crippen LogP contribution >= 0.6 is 0 Å². The monoisotopic (exact) mass is 430 g/mol. The fourth-order valence-electron chi connectivity index (χ4n) is 3.36. The number of hydrogen-bond acceptors (Lipinski definition) is 4. The Morgan fingerprint density at radius 3 is 2.06 bits per heavy atom. The summed E-state index contributed by atoms with van der Waals surface area (Å²) in [6.45, 7) is 4.64. The van der Waals surface area contributed by atoms with Gasteiger partial charge in [-0.3, -0.25) is 9.69 Å². The van der Waals surface area contributed by atoms with Crippen LogP contribution < -0.4 is 5.32 Å². The summed E-state index contributed by atoms with van der Waals surface area (Å²) in [5, 5.41) is 17.9. The van der Waals surface area contributed by atoms with Gasteiger partial charge in [0.1, 0.15) is 5.82 Å². The Morgan fingerprint density at radius 1 is 1.00 bits per heavy atom. The number of benzene rings is 2. The highest BCUT2D eigenvalue weighted by molar-refractivity contribution is 6.27. The van der Waals surface area contributed by atoms with Gasteiger partial charge in [0.2, 0.25) is 5.91 Å². The summed E-state index contributed by atoms with van der Waals surface area (Å²) in [6.07, 6.45) is 1.74. The predicted molar refractivity (Wildman–Crippen MR) is 113 cm³/mol. The summed E-state index contributed by atoms with van der Waals surface area (Å²) in [5.41, 5.74) is 2.24. The summed E-state index contributed by atoms with van der Waals surface area (Å²) in [5.74, 6) is -3.62. The zero-order chi connectivity index (χ0) is 22.8. The van der Waals surface area contributed by atoms with Gasteiger partial charge in [-0.25, -0.2) is 14.0 Å². The van der Waals surface area contributed by atoms with Crippen molar-refractivity contribution in [1.82, 2.24) is 10.2 Å². The molecule has 7 nitrogen and oxygen atoms in total. The van der Waals surface area contributed by atoms with Crippen LogP contribution in [0.2, 0.25) is 0 Å². The second-order valence-electron chi connectivity index (χ2n) is 7.43. The number of carbonyl (C=O) groups is 3. The Labute approximate surface area is 180 Å². The zero-order valence-corrected chi connectivity index (χ0v) is 17.3. The highest BCUT2D eigenvalue weighted by Crippen LogP contribution is 2.21. The van der Waals surface area contributed by atoms with Crippen molar-refractivity contribution in [2.45, 2.75) is 32.4 Å². The first-order valence-electron chi connectivity index (χ1n) is 10.0. The van der Waals surface area contributed by atoms with Crippen LogP contribution in [0.1, 0.15) is 36.9 Å². The molecule has 0 saturated carbocycles. The maximum atomic E-state index is 13.0. The first kappa shape index (κ1) is 24.0. The van der Waals surface area contributed by atoms with Crippen molar-refractivity contribution in [3.8, 4) is 0 Å². The van der Waals surface area contributed by atoms with E-state index >= 15 is 0 Å². The first-order chi connectivity index (χ1) is 14.8. The van der Waals surface area contributed by atoms with E-state index in [2.05, 4.69) is 10.2 Å². The number of hydrogen-bond donors (Lipinski definition) is 3. The van der Waals surface area contributed by atoms with Crippen LogP contribution in [0.4, 0.5) is 4.39 Å². The summed E-state index contributed by atoms with van der Waals surface area (Å²) in [4.78, 5) is 33.0. The summed E-state index contributed by atoms with van der Waals surface area (Å²) in [7, 11) is 0. The molecule has 0 aliphatic carbocycles. The van der Waals surface area contributed by atoms with Gasteiger partial charge >= 0.3 is 11.9 Å². The molecule has 0 unspecified atom stereocenters. The molecule has 1 amide bonds. The van der Waals surface area contributed by atoms with E-state index in [9.17, 15) is 9.18 Å². The molecule has 1 saturated heterocycles. The molecule has 1 aliphatic heterocycles. The molecule has 0 aromatic heterocycles. The van der Waals surface area contributed by atoms with Crippen molar-refractivity contribution in [3.05, 3.63) is 71.5 Å². The molecule has 2 aromatic rings. The number of piperidine rings is 1. The van der Waals surface area contributed by atoms with E-state index in [1.54, 1.807) is 0 Å². The number of rotatable bonds is 5. The molecule has 0 spiro atoms. The third-order valence-corrected chi connectivity index (χ3v) is 5.12. The Bertz CT molecular complexity index is 853. The number of carbonyl (C=O) groups excluding carboxylic acids is 1. The van der Waals surface area contributed by atoms with E-state index in [0.29, 0.717) is 0 Å². The lowest BCUT2D eigenvalue weighted by molar-refractivity contribution is -0.159. The molecule has 0 bridgehead atoms. The topological polar surface area (TPSA) is 107 Å². The van der Waals surface area contributed by atoms with Crippen molar-refractivity contribution >= 4 is 17.8 Å². The molecule has 1 atom stereocenters. The predicted octanol–water partition coefficient (Wildman–Crippen LogP) is 3.07. The third kappa shape index (κ3) is 8.18. The van der Waals surface area contributed by atoms with Crippen molar-refractivity contribution < 1.29 is 29.0 Å². The average Bonchev–Trinajstić information content (AvgIpc) is 2.76. The number of amides is 1. The smallest absolute Gasteiger partial charge is 0.414 e. The number of aliphatic carboxylic acids is 2. The van der Waals surface area contributed by atoms with Gasteiger partial charge in [0.25, 0.3) is 0 Å². The van der Waals surface area contributed by atoms with Crippen LogP contribution in [0.25, 0.3) is 0 Å². The Hall–Kier alpha value is -3.26. The highest BCUT2D eigenvalue weighted by atomic mass is 19.1. The second kappa shape index (κ2) is 11.8. The normalized spacial score (nSPS) is 15.3. The minimum Gasteiger partial charge on any atom is -0.473 e. The summed E-state index contributed by atoms with van der Waals surface area (Å²) in [6, 6.07) is 16.7. The van der Waals surface area contributed by atoms with Crippen molar-refractivity contribution in [3.63, 3.8) is 0 Å². The molecule has 8 heteroatoms. The molecular weight excluding hydrogens is 403 g/mol. The van der Waals surface area contributed by atoms with Crippen molar-refractivity contribution in [2.75, 3.05) is 13.1 Å². The van der Waals surface area contributed by atoms with Gasteiger partial charge in [-0.1, -0.05) is 42.5 Å². The fourth-order valence-corrected chi connectivity index (χ4v) is 3.36. The Balaban J connectivity index is 0.000000501. The molecular formula is C23H27FN2O5. The minimum atomic E-state index is -1.82. The molecule has 1 heterocycles. The number of halogens is 1. The van der Waals surface area contributed by atoms with E-state index in [4.69, 9.17) is 19.8 Å². The molecule has 1 fully saturated rings. The number of carboxylic acids is 2. The SMILES string of the molecule is C[C@@H](NC(=O)C1CCN(Cc2ccc(F)cc2)CC1)c1ccccc1.O=C(O)C(=O)O. The summed E-state index contributed by atoms with van der Waals surface area (Å²) >= 11 is 0. The van der Waals surface area contributed by atoms with Crippen LogP contribution in [0.15, 0.2) is 54.6 Å². The van der Waals surface area contributed by atoms with Crippen LogP contribution in [0, 0.1) is 11.7 Å². The van der Waals surface area contributed by atoms with E-state index in [1.165, 1.54) is 12.1 Å². The number of nitrogens with one attached hydrogen (secondary N) is 1. The van der Waals surface area contributed by atoms with Crippen molar-refractivity contribution in [1.29, 1.82) is 0 Å². The number of nitrogens with zero attached hydrogens (tertiary/aromatic N) is 1.